The van der Waals surface area contributed by atoms with Crippen LogP contribution in [0.1, 0.15) is 5.56 Å². The van der Waals surface area contributed by atoms with Gasteiger partial charge in [0.2, 0.25) is 5.91 Å². The zero-order valence-corrected chi connectivity index (χ0v) is 13.0. The minimum atomic E-state index is 0.106. The first-order valence-corrected chi connectivity index (χ1v) is 7.48. The van der Waals surface area contributed by atoms with Crippen LogP contribution in [0.5, 0.6) is 5.75 Å². The number of ether oxygens (including phenoxy) is 1. The first-order valence-electron chi connectivity index (χ1n) is 7.48. The average molecular weight is 291 g/mol. The fourth-order valence-corrected chi connectivity index (χ4v) is 2.51. The molecule has 116 valence electrons. The third-order valence-electron chi connectivity index (χ3n) is 3.87. The molecule has 21 heavy (non-hydrogen) atoms. The Balaban J connectivity index is 1.69. The van der Waals surface area contributed by atoms with Gasteiger partial charge in [-0.25, -0.2) is 0 Å². The molecule has 1 aromatic carbocycles. The van der Waals surface area contributed by atoms with E-state index in [1.165, 1.54) is 0 Å². The fourth-order valence-electron chi connectivity index (χ4n) is 2.51. The van der Waals surface area contributed by atoms with Crippen LogP contribution in [0.4, 0.5) is 0 Å². The van der Waals surface area contributed by atoms with Crippen molar-refractivity contribution in [1.82, 2.24) is 15.1 Å². The molecule has 0 unspecified atom stereocenters. The summed E-state index contributed by atoms with van der Waals surface area (Å²) in [5, 5.41) is 2.99. The molecule has 0 saturated carbocycles. The molecule has 0 aromatic heterocycles. The number of likely N-dealkylation sites (N-methyl/N-ethyl adjacent to an activating group) is 1. The summed E-state index contributed by atoms with van der Waals surface area (Å²) in [6.45, 7) is 5.16. The number of hydrogen-bond acceptors (Lipinski definition) is 4. The average Bonchev–Trinajstić information content (AvgIpc) is 2.50. The molecule has 2 rings (SSSR count). The second-order valence-corrected chi connectivity index (χ2v) is 5.49. The molecule has 0 bridgehead atoms. The largest absolute Gasteiger partial charge is 0.496 e. The van der Waals surface area contributed by atoms with E-state index in [9.17, 15) is 4.79 Å². The van der Waals surface area contributed by atoms with E-state index in [1.807, 2.05) is 24.3 Å². The highest BCUT2D eigenvalue weighted by Gasteiger charge is 2.16. The summed E-state index contributed by atoms with van der Waals surface area (Å²) in [6.07, 6.45) is 0.790. The molecule has 1 aliphatic heterocycles. The van der Waals surface area contributed by atoms with Crippen molar-refractivity contribution in [3.05, 3.63) is 29.8 Å². The van der Waals surface area contributed by atoms with Crippen molar-refractivity contribution in [3.63, 3.8) is 0 Å². The van der Waals surface area contributed by atoms with E-state index in [4.69, 9.17) is 4.74 Å². The first-order chi connectivity index (χ1) is 10.2. The van der Waals surface area contributed by atoms with Gasteiger partial charge in [0.25, 0.3) is 0 Å². The van der Waals surface area contributed by atoms with Crippen molar-refractivity contribution in [3.8, 4) is 5.75 Å². The highest BCUT2D eigenvalue weighted by molar-refractivity contribution is 5.78. The smallest absolute Gasteiger partial charge is 0.234 e. The number of nitrogens with zero attached hydrogens (tertiary/aromatic N) is 2. The standard InChI is InChI=1S/C16H25N3O2/c1-18-9-11-19(12-10-18)13-16(20)17-8-7-14-5-3-4-6-15(14)21-2/h3-6H,7-13H2,1-2H3,(H,17,20). The van der Waals surface area contributed by atoms with Crippen LogP contribution in [-0.4, -0.2) is 69.1 Å². The van der Waals surface area contributed by atoms with Gasteiger partial charge in [-0.3, -0.25) is 9.69 Å². The molecular weight excluding hydrogens is 266 g/mol. The van der Waals surface area contributed by atoms with E-state index in [1.54, 1.807) is 7.11 Å². The Bertz CT molecular complexity index is 457. The molecule has 0 aliphatic carbocycles. The highest BCUT2D eigenvalue weighted by Crippen LogP contribution is 2.17. The lowest BCUT2D eigenvalue weighted by Crippen LogP contribution is -2.48. The van der Waals surface area contributed by atoms with Crippen molar-refractivity contribution >= 4 is 5.91 Å². The number of carbonyl (C=O) groups is 1. The quantitative estimate of drug-likeness (QED) is 0.834. The Morgan fingerprint density at radius 1 is 1.24 bits per heavy atom. The SMILES string of the molecule is COc1ccccc1CCNC(=O)CN1CCN(C)CC1. The highest BCUT2D eigenvalue weighted by atomic mass is 16.5. The molecule has 0 atom stereocenters. The van der Waals surface area contributed by atoms with Crippen molar-refractivity contribution in [2.24, 2.45) is 0 Å². The van der Waals surface area contributed by atoms with Crippen LogP contribution in [0.25, 0.3) is 0 Å². The van der Waals surface area contributed by atoms with Crippen molar-refractivity contribution < 1.29 is 9.53 Å². The number of methoxy groups -OCH3 is 1. The van der Waals surface area contributed by atoms with E-state index in [0.29, 0.717) is 13.1 Å². The summed E-state index contributed by atoms with van der Waals surface area (Å²) in [6, 6.07) is 7.92. The molecule has 1 aliphatic rings. The summed E-state index contributed by atoms with van der Waals surface area (Å²) < 4.78 is 5.31. The second-order valence-electron chi connectivity index (χ2n) is 5.49. The third-order valence-corrected chi connectivity index (χ3v) is 3.87. The van der Waals surface area contributed by atoms with Gasteiger partial charge < -0.3 is 15.0 Å². The van der Waals surface area contributed by atoms with Gasteiger partial charge in [-0.1, -0.05) is 18.2 Å². The van der Waals surface area contributed by atoms with Crippen LogP contribution < -0.4 is 10.1 Å². The van der Waals surface area contributed by atoms with Crippen LogP contribution in [0.2, 0.25) is 0 Å². The predicted octanol–water partition coefficient (Wildman–Crippen LogP) is 0.601. The lowest BCUT2D eigenvalue weighted by molar-refractivity contribution is -0.122. The lowest BCUT2D eigenvalue weighted by Gasteiger charge is -2.31. The molecule has 1 aromatic rings. The summed E-state index contributed by atoms with van der Waals surface area (Å²) in [5.74, 6) is 0.986. The summed E-state index contributed by atoms with van der Waals surface area (Å²) >= 11 is 0. The van der Waals surface area contributed by atoms with E-state index < -0.39 is 0 Å². The Morgan fingerprint density at radius 3 is 2.67 bits per heavy atom. The van der Waals surface area contributed by atoms with Crippen molar-refractivity contribution in [2.45, 2.75) is 6.42 Å². The zero-order valence-electron chi connectivity index (χ0n) is 13.0. The second kappa shape index (κ2) is 8.00. The number of para-hydroxylation sites is 1. The van der Waals surface area contributed by atoms with Crippen LogP contribution in [-0.2, 0) is 11.2 Å². The van der Waals surface area contributed by atoms with Crippen LogP contribution in [0.15, 0.2) is 24.3 Å². The molecule has 5 nitrogen and oxygen atoms in total. The molecule has 1 saturated heterocycles. The maximum Gasteiger partial charge on any atom is 0.234 e. The third kappa shape index (κ3) is 5.02. The van der Waals surface area contributed by atoms with Gasteiger partial charge in [-0.2, -0.15) is 0 Å². The number of hydrogen-bond donors (Lipinski definition) is 1. The first kappa shape index (κ1) is 15.8. The van der Waals surface area contributed by atoms with E-state index >= 15 is 0 Å². The molecule has 1 heterocycles. The number of benzene rings is 1. The maximum absolute atomic E-state index is 11.9. The number of carbonyl (C=O) groups excluding carboxylic acids is 1. The monoisotopic (exact) mass is 291 g/mol. The molecule has 5 heteroatoms. The summed E-state index contributed by atoms with van der Waals surface area (Å²) in [7, 11) is 3.79. The molecule has 1 N–H and O–H groups in total. The van der Waals surface area contributed by atoms with Gasteiger partial charge in [-0.15, -0.1) is 0 Å². The van der Waals surface area contributed by atoms with E-state index in [-0.39, 0.29) is 5.91 Å². The number of amides is 1. The number of nitrogens with one attached hydrogen (secondary N) is 1. The molecule has 1 fully saturated rings. The van der Waals surface area contributed by atoms with Crippen molar-refractivity contribution in [1.29, 1.82) is 0 Å². The predicted molar refractivity (Wildman–Crippen MR) is 83.6 cm³/mol. The van der Waals surface area contributed by atoms with Crippen LogP contribution in [0.3, 0.4) is 0 Å². The molecule has 1 amide bonds. The number of rotatable bonds is 6. The Morgan fingerprint density at radius 2 is 1.95 bits per heavy atom. The minimum Gasteiger partial charge on any atom is -0.496 e. The van der Waals surface area contributed by atoms with E-state index in [2.05, 4.69) is 22.2 Å². The van der Waals surface area contributed by atoms with Gasteiger partial charge in [0.15, 0.2) is 0 Å². The Kier molecular flexibility index (Phi) is 6.02. The number of piperazine rings is 1. The van der Waals surface area contributed by atoms with Gasteiger partial charge in [-0.05, 0) is 25.1 Å². The van der Waals surface area contributed by atoms with Gasteiger partial charge in [0, 0.05) is 32.7 Å². The normalized spacial score (nSPS) is 16.7. The van der Waals surface area contributed by atoms with Gasteiger partial charge >= 0.3 is 0 Å². The topological polar surface area (TPSA) is 44.8 Å². The molecular formula is C16H25N3O2. The van der Waals surface area contributed by atoms with E-state index in [0.717, 1.165) is 43.9 Å². The van der Waals surface area contributed by atoms with Gasteiger partial charge in [0.05, 0.1) is 13.7 Å². The van der Waals surface area contributed by atoms with Crippen LogP contribution >= 0.6 is 0 Å². The Hall–Kier alpha value is -1.59. The van der Waals surface area contributed by atoms with Crippen LogP contribution in [0, 0.1) is 0 Å². The summed E-state index contributed by atoms with van der Waals surface area (Å²) in [5.41, 5.74) is 1.12. The maximum atomic E-state index is 11.9. The fraction of sp³-hybridized carbons (Fsp3) is 0.562. The minimum absolute atomic E-state index is 0.106. The summed E-state index contributed by atoms with van der Waals surface area (Å²) in [4.78, 5) is 16.4. The van der Waals surface area contributed by atoms with Gasteiger partial charge in [0.1, 0.15) is 5.75 Å². The zero-order chi connectivity index (χ0) is 15.1. The molecule has 0 spiro atoms. The lowest BCUT2D eigenvalue weighted by atomic mass is 10.1. The Labute approximate surface area is 126 Å². The molecule has 0 radical (unpaired) electrons. The van der Waals surface area contributed by atoms with Crippen molar-refractivity contribution in [2.75, 3.05) is 53.4 Å².